The summed E-state index contributed by atoms with van der Waals surface area (Å²) >= 11 is -0.255. The van der Waals surface area contributed by atoms with Gasteiger partial charge in [-0.15, -0.1) is 29.6 Å². The van der Waals surface area contributed by atoms with E-state index in [0.29, 0.717) is 12.2 Å². The van der Waals surface area contributed by atoms with E-state index >= 15 is 0 Å². The summed E-state index contributed by atoms with van der Waals surface area (Å²) in [6, 6.07) is 24.4. The molecule has 50 heavy (non-hydrogen) atoms. The monoisotopic (exact) mass is 719 g/mol. The summed E-state index contributed by atoms with van der Waals surface area (Å²) in [5.41, 5.74) is -0.136. The highest BCUT2D eigenvalue weighted by atomic mass is 32.2. The van der Waals surface area contributed by atoms with E-state index in [1.54, 1.807) is 103 Å². The van der Waals surface area contributed by atoms with Gasteiger partial charge in [0.05, 0.1) is 22.7 Å². The standard InChI is InChI=1S/C39H45NO8S2/c1-7-9-25-49-38-34(47-37(43)29-23-17-12-18-24-29)33(46-36(42)28-21-15-11-16-22-28)32(45-35(41)27-19-13-10-14-20-27)31(48-38)30(26(3)8-2)40-50(44)39(4,5)6/h7-8,10-24,26,30-34,38,40H,1-2,9,25H2,3-6H3/t26-,30+,31?,32?,33?,34?,38?,50?/m0/s1. The van der Waals surface area contributed by atoms with Gasteiger partial charge in [0.2, 0.25) is 0 Å². The van der Waals surface area contributed by atoms with E-state index in [9.17, 15) is 18.9 Å². The summed E-state index contributed by atoms with van der Waals surface area (Å²) in [5.74, 6) is -1.96. The van der Waals surface area contributed by atoms with Crippen molar-refractivity contribution in [2.45, 2.75) is 74.8 Å². The van der Waals surface area contributed by atoms with Crippen LogP contribution in [0.1, 0.15) is 65.2 Å². The van der Waals surface area contributed by atoms with Gasteiger partial charge in [-0.2, -0.15) is 0 Å². The van der Waals surface area contributed by atoms with E-state index in [-0.39, 0.29) is 22.6 Å². The van der Waals surface area contributed by atoms with Crippen LogP contribution in [0.15, 0.2) is 116 Å². The predicted molar refractivity (Wildman–Crippen MR) is 197 cm³/mol. The van der Waals surface area contributed by atoms with Gasteiger partial charge < -0.3 is 23.5 Å². The molecule has 1 aliphatic heterocycles. The molecule has 11 heteroatoms. The Hall–Kier alpha value is -3.87. The van der Waals surface area contributed by atoms with Gasteiger partial charge in [-0.1, -0.05) is 73.7 Å². The average Bonchev–Trinajstić information content (AvgIpc) is 3.12. The first-order valence-corrected chi connectivity index (χ1v) is 18.6. The molecule has 0 bridgehead atoms. The molecule has 3 aromatic carbocycles. The lowest BCUT2D eigenvalue weighted by molar-refractivity contribution is -0.207. The molecule has 0 radical (unpaired) electrons. The number of allylic oxidation sites excluding steroid dienone is 1. The lowest BCUT2D eigenvalue weighted by Gasteiger charge is -2.47. The second kappa shape index (κ2) is 18.4. The van der Waals surface area contributed by atoms with Crippen LogP contribution in [0.5, 0.6) is 0 Å². The molecule has 1 heterocycles. The minimum atomic E-state index is -1.60. The molecule has 0 amide bonds. The SMILES string of the molecule is C=CCCSC1OC([C@H](N[S+]([O-])C(C)(C)C)[C@@H](C)C=C)C(OC(=O)c2ccccc2)C(OC(=O)c2ccccc2)C1OC(=O)c1ccccc1. The first kappa shape index (κ1) is 38.9. The van der Waals surface area contributed by atoms with Gasteiger partial charge in [-0.3, -0.25) is 0 Å². The van der Waals surface area contributed by atoms with E-state index in [2.05, 4.69) is 17.9 Å². The van der Waals surface area contributed by atoms with Crippen molar-refractivity contribution in [2.24, 2.45) is 5.92 Å². The predicted octanol–water partition coefficient (Wildman–Crippen LogP) is 6.94. The van der Waals surface area contributed by atoms with Gasteiger partial charge in [-0.05, 0) is 75.3 Å². The lowest BCUT2D eigenvalue weighted by atomic mass is 9.88. The van der Waals surface area contributed by atoms with Crippen molar-refractivity contribution in [1.82, 2.24) is 4.72 Å². The number of carbonyl (C=O) groups excluding carboxylic acids is 3. The second-order valence-corrected chi connectivity index (χ2v) is 15.9. The van der Waals surface area contributed by atoms with Crippen molar-refractivity contribution in [3.63, 3.8) is 0 Å². The minimum Gasteiger partial charge on any atom is -0.598 e. The van der Waals surface area contributed by atoms with Gasteiger partial charge in [-0.25, -0.2) is 14.4 Å². The molecule has 1 fully saturated rings. The fraction of sp³-hybridized carbons (Fsp3) is 0.359. The van der Waals surface area contributed by atoms with Crippen molar-refractivity contribution in [3.05, 3.63) is 133 Å². The maximum Gasteiger partial charge on any atom is 0.338 e. The molecular formula is C39H45NO8S2. The van der Waals surface area contributed by atoms with E-state index in [4.69, 9.17) is 18.9 Å². The molecule has 3 aromatic rings. The smallest absolute Gasteiger partial charge is 0.338 e. The third-order valence-corrected chi connectivity index (χ3v) is 10.8. The molecule has 0 aromatic heterocycles. The second-order valence-electron chi connectivity index (χ2n) is 12.7. The van der Waals surface area contributed by atoms with E-state index in [1.165, 1.54) is 11.8 Å². The number of thioether (sulfide) groups is 1. The van der Waals surface area contributed by atoms with Crippen LogP contribution in [0.4, 0.5) is 0 Å². The Kier molecular flexibility index (Phi) is 14.3. The third-order valence-electron chi connectivity index (χ3n) is 7.98. The number of esters is 3. The number of benzene rings is 3. The van der Waals surface area contributed by atoms with Gasteiger partial charge >= 0.3 is 17.9 Å². The fourth-order valence-electron chi connectivity index (χ4n) is 5.14. The highest BCUT2D eigenvalue weighted by Crippen LogP contribution is 2.38. The molecule has 8 atom stereocenters. The number of nitrogens with one attached hydrogen (secondary N) is 1. The third kappa shape index (κ3) is 10.3. The Morgan fingerprint density at radius 1 is 0.820 bits per heavy atom. The fourth-order valence-corrected chi connectivity index (χ4v) is 7.23. The molecule has 4 rings (SSSR count). The van der Waals surface area contributed by atoms with Crippen molar-refractivity contribution in [1.29, 1.82) is 0 Å². The van der Waals surface area contributed by atoms with Crippen molar-refractivity contribution < 1.29 is 37.9 Å². The molecule has 1 aliphatic rings. The highest BCUT2D eigenvalue weighted by molar-refractivity contribution is 7.99. The molecular weight excluding hydrogens is 675 g/mol. The Balaban J connectivity index is 1.88. The zero-order valence-corrected chi connectivity index (χ0v) is 30.4. The maximum atomic E-state index is 13.8. The van der Waals surface area contributed by atoms with Crippen molar-refractivity contribution >= 4 is 41.0 Å². The van der Waals surface area contributed by atoms with Gasteiger partial charge in [0, 0.05) is 11.4 Å². The summed E-state index contributed by atoms with van der Waals surface area (Å²) in [6.45, 7) is 15.2. The maximum absolute atomic E-state index is 13.8. The van der Waals surface area contributed by atoms with Crippen LogP contribution in [-0.2, 0) is 30.3 Å². The van der Waals surface area contributed by atoms with E-state index < -0.39 is 69.9 Å². The minimum absolute atomic E-state index is 0.246. The largest absolute Gasteiger partial charge is 0.598 e. The normalized spacial score (nSPS) is 22.3. The molecule has 9 nitrogen and oxygen atoms in total. The molecule has 266 valence electrons. The topological polar surface area (TPSA) is 123 Å². The Bertz CT molecular complexity index is 1570. The summed E-state index contributed by atoms with van der Waals surface area (Å²) in [5, 5.41) is 0. The molecule has 1 saturated heterocycles. The number of rotatable bonds is 15. The van der Waals surface area contributed by atoms with Gasteiger partial charge in [0.1, 0.15) is 16.3 Å². The summed E-state index contributed by atoms with van der Waals surface area (Å²) < 4.78 is 41.6. The number of ether oxygens (including phenoxy) is 4. The summed E-state index contributed by atoms with van der Waals surface area (Å²) in [7, 11) is 0. The summed E-state index contributed by atoms with van der Waals surface area (Å²) in [6.07, 6.45) is -0.931. The number of hydrogen-bond acceptors (Lipinski definition) is 10. The van der Waals surface area contributed by atoms with Gasteiger partial charge in [0.15, 0.2) is 18.3 Å². The molecule has 0 saturated carbocycles. The lowest BCUT2D eigenvalue weighted by Crippen LogP contribution is -2.67. The first-order chi connectivity index (χ1) is 23.9. The van der Waals surface area contributed by atoms with Crippen LogP contribution >= 0.6 is 11.8 Å². The Labute approximate surface area is 302 Å². The van der Waals surface area contributed by atoms with Crippen LogP contribution in [0, 0.1) is 5.92 Å². The average molecular weight is 720 g/mol. The van der Waals surface area contributed by atoms with Crippen molar-refractivity contribution in [3.8, 4) is 0 Å². The number of carbonyl (C=O) groups is 3. The zero-order valence-electron chi connectivity index (χ0n) is 28.8. The quantitative estimate of drug-likeness (QED) is 0.0581. The number of hydrogen-bond donors (Lipinski definition) is 1. The van der Waals surface area contributed by atoms with Crippen LogP contribution in [0.25, 0.3) is 0 Å². The van der Waals surface area contributed by atoms with Crippen LogP contribution in [0.2, 0.25) is 0 Å². The molecule has 6 unspecified atom stereocenters. The molecule has 0 spiro atoms. The zero-order chi connectivity index (χ0) is 36.3. The van der Waals surface area contributed by atoms with Gasteiger partial charge in [0.25, 0.3) is 0 Å². The molecule has 0 aliphatic carbocycles. The summed E-state index contributed by atoms with van der Waals surface area (Å²) in [4.78, 5) is 41.3. The Morgan fingerprint density at radius 3 is 1.68 bits per heavy atom. The highest BCUT2D eigenvalue weighted by Gasteiger charge is 2.56. The van der Waals surface area contributed by atoms with E-state index in [1.807, 2.05) is 27.7 Å². The van der Waals surface area contributed by atoms with Crippen molar-refractivity contribution in [2.75, 3.05) is 5.75 Å². The molecule has 1 N–H and O–H groups in total. The Morgan fingerprint density at radius 2 is 1.26 bits per heavy atom. The van der Waals surface area contributed by atoms with Crippen LogP contribution < -0.4 is 4.72 Å². The first-order valence-electron chi connectivity index (χ1n) is 16.4. The van der Waals surface area contributed by atoms with Crippen LogP contribution in [0.3, 0.4) is 0 Å². The van der Waals surface area contributed by atoms with E-state index in [0.717, 1.165) is 0 Å². The van der Waals surface area contributed by atoms with Crippen LogP contribution in [-0.4, -0.2) is 68.9 Å².